The third-order valence-corrected chi connectivity index (χ3v) is 5.07. The molecule has 2 aromatic rings. The molecule has 1 atom stereocenters. The summed E-state index contributed by atoms with van der Waals surface area (Å²) >= 11 is 11.3. The second kappa shape index (κ2) is 8.05. The summed E-state index contributed by atoms with van der Waals surface area (Å²) in [5.74, 6) is 6.55. The van der Waals surface area contributed by atoms with Crippen LogP contribution in [0, 0.1) is 0 Å². The second-order valence-corrected chi connectivity index (χ2v) is 6.81. The smallest absolute Gasteiger partial charge is 0.0417 e. The van der Waals surface area contributed by atoms with E-state index in [0.29, 0.717) is 0 Å². The minimum absolute atomic E-state index is 0.206. The molecule has 2 aromatic carbocycles. The van der Waals surface area contributed by atoms with E-state index in [1.54, 1.807) is 11.8 Å². The highest BCUT2D eigenvalue weighted by Crippen LogP contribution is 2.24. The van der Waals surface area contributed by atoms with Gasteiger partial charge in [0.25, 0.3) is 0 Å². The average molecular weight is 372 g/mol. The minimum atomic E-state index is 0.206. The van der Waals surface area contributed by atoms with Gasteiger partial charge in [0.15, 0.2) is 0 Å². The van der Waals surface area contributed by atoms with Gasteiger partial charge in [0.2, 0.25) is 0 Å². The number of nitrogens with two attached hydrogens (primary N) is 1. The Labute approximate surface area is 137 Å². The first-order valence-electron chi connectivity index (χ1n) is 6.27. The predicted octanol–water partition coefficient (Wildman–Crippen LogP) is 4.27. The van der Waals surface area contributed by atoms with Crippen LogP contribution < -0.4 is 11.3 Å². The normalized spacial score (nSPS) is 12.3. The highest BCUT2D eigenvalue weighted by atomic mass is 79.9. The number of nitrogens with one attached hydrogen (secondary N) is 1. The van der Waals surface area contributed by atoms with Crippen molar-refractivity contribution in [1.82, 2.24) is 5.43 Å². The fourth-order valence-electron chi connectivity index (χ4n) is 1.85. The Morgan fingerprint density at radius 2 is 2.00 bits per heavy atom. The molecule has 3 N–H and O–H groups in total. The Morgan fingerprint density at radius 3 is 2.70 bits per heavy atom. The van der Waals surface area contributed by atoms with Crippen molar-refractivity contribution in [3.8, 4) is 0 Å². The lowest BCUT2D eigenvalue weighted by molar-refractivity contribution is 0.574. The largest absolute Gasteiger partial charge is 0.271 e. The monoisotopic (exact) mass is 370 g/mol. The first kappa shape index (κ1) is 15.9. The van der Waals surface area contributed by atoms with E-state index in [9.17, 15) is 0 Å². The Balaban J connectivity index is 1.94. The molecule has 5 heteroatoms. The van der Waals surface area contributed by atoms with Crippen molar-refractivity contribution in [1.29, 1.82) is 0 Å². The number of hydrogen-bond acceptors (Lipinski definition) is 3. The summed E-state index contributed by atoms with van der Waals surface area (Å²) in [6.45, 7) is 0. The Bertz CT molecular complexity index is 565. The van der Waals surface area contributed by atoms with Crippen LogP contribution in [0.2, 0.25) is 5.02 Å². The summed E-state index contributed by atoms with van der Waals surface area (Å²) in [5, 5.41) is 0.762. The number of hydrogen-bond donors (Lipinski definition) is 2. The van der Waals surface area contributed by atoms with E-state index in [2.05, 4.69) is 33.5 Å². The van der Waals surface area contributed by atoms with E-state index in [-0.39, 0.29) is 6.04 Å². The van der Waals surface area contributed by atoms with Gasteiger partial charge in [0.1, 0.15) is 0 Å². The predicted molar refractivity (Wildman–Crippen MR) is 91.1 cm³/mol. The molecule has 0 heterocycles. The van der Waals surface area contributed by atoms with Gasteiger partial charge in [-0.1, -0.05) is 51.8 Å². The van der Waals surface area contributed by atoms with Crippen molar-refractivity contribution in [3.63, 3.8) is 0 Å². The molecule has 0 radical (unpaired) electrons. The molecular weight excluding hydrogens is 356 g/mol. The number of hydrazine groups is 1. The lowest BCUT2D eigenvalue weighted by Gasteiger charge is -2.16. The van der Waals surface area contributed by atoms with Crippen LogP contribution in [0.1, 0.15) is 5.56 Å². The third kappa shape index (κ3) is 4.79. The van der Waals surface area contributed by atoms with E-state index in [1.165, 1.54) is 5.56 Å². The summed E-state index contributed by atoms with van der Waals surface area (Å²) < 4.78 is 1.12. The van der Waals surface area contributed by atoms with Crippen molar-refractivity contribution in [2.45, 2.75) is 17.4 Å². The quantitative estimate of drug-likeness (QED) is 0.452. The van der Waals surface area contributed by atoms with Crippen LogP contribution in [-0.4, -0.2) is 11.8 Å². The SMILES string of the molecule is NNC(CSc1cccc(Cl)c1)Cc1ccccc1Br. The highest BCUT2D eigenvalue weighted by molar-refractivity contribution is 9.10. The molecule has 106 valence electrons. The van der Waals surface area contributed by atoms with E-state index >= 15 is 0 Å². The maximum atomic E-state index is 5.98. The molecule has 0 aromatic heterocycles. The topological polar surface area (TPSA) is 38.0 Å². The van der Waals surface area contributed by atoms with Gasteiger partial charge in [0, 0.05) is 26.2 Å². The van der Waals surface area contributed by atoms with Crippen LogP contribution in [0.15, 0.2) is 57.9 Å². The van der Waals surface area contributed by atoms with Crippen molar-refractivity contribution in [3.05, 3.63) is 63.6 Å². The van der Waals surface area contributed by atoms with Gasteiger partial charge in [-0.05, 0) is 36.2 Å². The van der Waals surface area contributed by atoms with Gasteiger partial charge in [-0.2, -0.15) is 0 Å². The Morgan fingerprint density at radius 1 is 1.20 bits per heavy atom. The molecule has 0 aliphatic rings. The minimum Gasteiger partial charge on any atom is -0.271 e. The molecule has 2 rings (SSSR count). The van der Waals surface area contributed by atoms with Gasteiger partial charge < -0.3 is 0 Å². The zero-order chi connectivity index (χ0) is 14.4. The molecule has 0 aliphatic heterocycles. The summed E-state index contributed by atoms with van der Waals surface area (Å²) in [6.07, 6.45) is 0.880. The molecule has 0 bridgehead atoms. The van der Waals surface area contributed by atoms with Crippen LogP contribution in [-0.2, 0) is 6.42 Å². The van der Waals surface area contributed by atoms with Gasteiger partial charge in [-0.25, -0.2) is 0 Å². The molecular formula is C15H16BrClN2S. The van der Waals surface area contributed by atoms with Crippen LogP contribution >= 0.6 is 39.3 Å². The second-order valence-electron chi connectivity index (χ2n) is 4.43. The van der Waals surface area contributed by atoms with Crippen molar-refractivity contribution < 1.29 is 0 Å². The van der Waals surface area contributed by atoms with Crippen LogP contribution in [0.3, 0.4) is 0 Å². The maximum Gasteiger partial charge on any atom is 0.0417 e. The van der Waals surface area contributed by atoms with E-state index < -0.39 is 0 Å². The number of thioether (sulfide) groups is 1. The molecule has 0 aliphatic carbocycles. The van der Waals surface area contributed by atoms with E-state index in [4.69, 9.17) is 17.4 Å². The highest BCUT2D eigenvalue weighted by Gasteiger charge is 2.10. The van der Waals surface area contributed by atoms with Crippen molar-refractivity contribution in [2.75, 3.05) is 5.75 Å². The molecule has 0 amide bonds. The molecule has 2 nitrogen and oxygen atoms in total. The molecule has 20 heavy (non-hydrogen) atoms. The summed E-state index contributed by atoms with van der Waals surface area (Å²) in [6, 6.07) is 16.3. The fourth-order valence-corrected chi connectivity index (χ4v) is 3.54. The van der Waals surface area contributed by atoms with Crippen LogP contribution in [0.5, 0.6) is 0 Å². The third-order valence-electron chi connectivity index (χ3n) is 2.91. The molecule has 0 saturated heterocycles. The maximum absolute atomic E-state index is 5.98. The summed E-state index contributed by atoms with van der Waals surface area (Å²) in [5.41, 5.74) is 4.14. The molecule has 0 fully saturated rings. The van der Waals surface area contributed by atoms with Gasteiger partial charge >= 0.3 is 0 Å². The summed E-state index contributed by atoms with van der Waals surface area (Å²) in [4.78, 5) is 1.16. The Kier molecular flexibility index (Phi) is 6.39. The lowest BCUT2D eigenvalue weighted by atomic mass is 10.1. The van der Waals surface area contributed by atoms with E-state index in [0.717, 1.165) is 26.6 Å². The van der Waals surface area contributed by atoms with E-state index in [1.807, 2.05) is 36.4 Å². The fraction of sp³-hybridized carbons (Fsp3) is 0.200. The Hall–Kier alpha value is -0.520. The van der Waals surface area contributed by atoms with Crippen LogP contribution in [0.25, 0.3) is 0 Å². The molecule has 1 unspecified atom stereocenters. The molecule has 0 saturated carbocycles. The number of benzene rings is 2. The molecule has 0 spiro atoms. The van der Waals surface area contributed by atoms with Gasteiger partial charge in [0.05, 0.1) is 0 Å². The lowest BCUT2D eigenvalue weighted by Crippen LogP contribution is -2.38. The first-order chi connectivity index (χ1) is 9.69. The zero-order valence-corrected chi connectivity index (χ0v) is 14.0. The number of halogens is 2. The number of rotatable bonds is 6. The summed E-state index contributed by atoms with van der Waals surface area (Å²) in [7, 11) is 0. The van der Waals surface area contributed by atoms with Gasteiger partial charge in [-0.3, -0.25) is 11.3 Å². The zero-order valence-electron chi connectivity index (χ0n) is 10.9. The standard InChI is InChI=1S/C15H16BrClN2S/c16-15-7-2-1-4-11(15)8-13(19-18)10-20-14-6-3-5-12(17)9-14/h1-7,9,13,19H,8,10,18H2. The van der Waals surface area contributed by atoms with Crippen molar-refractivity contribution >= 4 is 39.3 Å². The first-order valence-corrected chi connectivity index (χ1v) is 8.42. The van der Waals surface area contributed by atoms with Crippen molar-refractivity contribution in [2.24, 2.45) is 5.84 Å². The average Bonchev–Trinajstić information content (AvgIpc) is 2.45. The van der Waals surface area contributed by atoms with Gasteiger partial charge in [-0.15, -0.1) is 11.8 Å². The van der Waals surface area contributed by atoms with Crippen LogP contribution in [0.4, 0.5) is 0 Å².